The van der Waals surface area contributed by atoms with Crippen LogP contribution in [0.2, 0.25) is 0 Å². The van der Waals surface area contributed by atoms with Crippen molar-refractivity contribution in [1.82, 2.24) is 4.40 Å². The highest BCUT2D eigenvalue weighted by Gasteiger charge is 2.35. The van der Waals surface area contributed by atoms with Gasteiger partial charge in [-0.05, 0) is 93.5 Å². The van der Waals surface area contributed by atoms with Gasteiger partial charge in [0.2, 0.25) is 0 Å². The summed E-state index contributed by atoms with van der Waals surface area (Å²) in [5.74, 6) is 0. The van der Waals surface area contributed by atoms with E-state index < -0.39 is 0 Å². The summed E-state index contributed by atoms with van der Waals surface area (Å²) in [6.07, 6.45) is 0. The maximum atomic E-state index is 6.86. The molecule has 12 aromatic rings. The first-order chi connectivity index (χ1) is 29.5. The number of rotatable bonds is 5. The van der Waals surface area contributed by atoms with Crippen molar-refractivity contribution >= 4 is 77.1 Å². The summed E-state index contributed by atoms with van der Waals surface area (Å²) in [4.78, 5) is 2.37. The standard InChI is InChI=1S/C57H38N2O/c1-57(2)50-20-8-6-14-42(50)49-33-39(28-31-51(49)57)58(38-25-22-36(23-26-38)35-12-4-3-5-13-35)40-27-30-45-44-29-24-37(32-53(44)60-54(45)34-40)41-16-10-18-47-48-19-11-17-46-43-15-7-9-21-52(43)59(55(41)47)56(46)48/h3-34H,1-2H3. The number of hydrogen-bond donors (Lipinski definition) is 0. The molecule has 0 saturated heterocycles. The van der Waals surface area contributed by atoms with Gasteiger partial charge in [0.1, 0.15) is 11.2 Å². The Bertz CT molecular complexity index is 3680. The SMILES string of the molecule is CC1(C)c2ccccc2-c2cc(N(c3ccc(-c4ccccc4)cc3)c3ccc4c(c3)oc3cc(-c5cccc6c7cccc8c9ccccc9n(c56)c87)ccc34)ccc21. The molecule has 60 heavy (non-hydrogen) atoms. The second-order valence-electron chi connectivity index (χ2n) is 16.9. The highest BCUT2D eigenvalue weighted by Crippen LogP contribution is 2.51. The number of nitrogens with zero attached hydrogens (tertiary/aromatic N) is 2. The van der Waals surface area contributed by atoms with E-state index >= 15 is 0 Å². The first-order valence-corrected chi connectivity index (χ1v) is 20.8. The second-order valence-corrected chi connectivity index (χ2v) is 16.9. The van der Waals surface area contributed by atoms with E-state index in [0.29, 0.717) is 0 Å². The molecule has 3 heterocycles. The van der Waals surface area contributed by atoms with Crippen LogP contribution in [0.4, 0.5) is 17.1 Å². The molecule has 0 saturated carbocycles. The third-order valence-electron chi connectivity index (χ3n) is 13.3. The van der Waals surface area contributed by atoms with E-state index in [0.717, 1.165) is 44.6 Å². The van der Waals surface area contributed by atoms with Gasteiger partial charge in [-0.1, -0.05) is 147 Å². The Morgan fingerprint density at radius 2 is 0.950 bits per heavy atom. The molecule has 13 rings (SSSR count). The van der Waals surface area contributed by atoms with Crippen molar-refractivity contribution in [3.63, 3.8) is 0 Å². The van der Waals surface area contributed by atoms with Crippen LogP contribution < -0.4 is 4.90 Å². The van der Waals surface area contributed by atoms with E-state index in [4.69, 9.17) is 4.42 Å². The number of fused-ring (bicyclic) bond motifs is 12. The normalized spacial score (nSPS) is 13.3. The molecule has 0 bridgehead atoms. The third-order valence-corrected chi connectivity index (χ3v) is 13.3. The average Bonchev–Trinajstić information content (AvgIpc) is 4.01. The molecule has 3 nitrogen and oxygen atoms in total. The zero-order chi connectivity index (χ0) is 39.7. The van der Waals surface area contributed by atoms with Crippen LogP contribution in [-0.2, 0) is 5.41 Å². The number of aromatic nitrogens is 1. The van der Waals surface area contributed by atoms with Gasteiger partial charge in [0.05, 0.1) is 16.6 Å². The van der Waals surface area contributed by atoms with Gasteiger partial charge in [0, 0.05) is 66.4 Å². The number of furan rings is 1. The number of hydrogen-bond acceptors (Lipinski definition) is 2. The van der Waals surface area contributed by atoms with Crippen LogP contribution in [0, 0.1) is 0 Å². The minimum Gasteiger partial charge on any atom is -0.456 e. The van der Waals surface area contributed by atoms with Gasteiger partial charge in [-0.3, -0.25) is 0 Å². The fourth-order valence-electron chi connectivity index (χ4n) is 10.5. The summed E-state index contributed by atoms with van der Waals surface area (Å²) >= 11 is 0. The van der Waals surface area contributed by atoms with Crippen LogP contribution in [0.1, 0.15) is 25.0 Å². The summed E-state index contributed by atoms with van der Waals surface area (Å²) in [5, 5.41) is 7.35. The molecule has 0 N–H and O–H groups in total. The van der Waals surface area contributed by atoms with E-state index in [2.05, 4.69) is 217 Å². The zero-order valence-corrected chi connectivity index (χ0v) is 33.3. The minimum atomic E-state index is -0.0651. The van der Waals surface area contributed by atoms with Crippen molar-refractivity contribution in [1.29, 1.82) is 0 Å². The van der Waals surface area contributed by atoms with Crippen LogP contribution in [0.25, 0.3) is 93.4 Å². The smallest absolute Gasteiger partial charge is 0.137 e. The molecule has 3 aromatic heterocycles. The monoisotopic (exact) mass is 766 g/mol. The molecular weight excluding hydrogens is 729 g/mol. The Balaban J connectivity index is 0.966. The molecule has 0 aliphatic heterocycles. The molecule has 1 aliphatic rings. The number of anilines is 3. The molecular formula is C57H38N2O. The molecule has 0 radical (unpaired) electrons. The second kappa shape index (κ2) is 12.2. The first kappa shape index (κ1) is 33.4. The zero-order valence-electron chi connectivity index (χ0n) is 33.3. The summed E-state index contributed by atoms with van der Waals surface area (Å²) in [6.45, 7) is 4.67. The van der Waals surface area contributed by atoms with Crippen LogP contribution in [-0.4, -0.2) is 4.40 Å². The van der Waals surface area contributed by atoms with E-state index in [-0.39, 0.29) is 5.41 Å². The summed E-state index contributed by atoms with van der Waals surface area (Å²) in [6, 6.07) is 71.0. The van der Waals surface area contributed by atoms with Crippen LogP contribution in [0.3, 0.4) is 0 Å². The fourth-order valence-corrected chi connectivity index (χ4v) is 10.5. The van der Waals surface area contributed by atoms with Gasteiger partial charge >= 0.3 is 0 Å². The number of benzene rings is 9. The van der Waals surface area contributed by atoms with Gasteiger partial charge in [0.15, 0.2) is 0 Å². The largest absolute Gasteiger partial charge is 0.456 e. The minimum absolute atomic E-state index is 0.0651. The topological polar surface area (TPSA) is 20.8 Å². The third kappa shape index (κ3) is 4.60. The maximum absolute atomic E-state index is 6.86. The van der Waals surface area contributed by atoms with Gasteiger partial charge in [0.25, 0.3) is 0 Å². The molecule has 0 fully saturated rings. The maximum Gasteiger partial charge on any atom is 0.137 e. The Labute approximate surface area is 347 Å². The Morgan fingerprint density at radius 1 is 0.383 bits per heavy atom. The highest BCUT2D eigenvalue weighted by molar-refractivity contribution is 6.25. The number of para-hydroxylation sites is 3. The predicted molar refractivity (Wildman–Crippen MR) is 251 cm³/mol. The van der Waals surface area contributed by atoms with Crippen molar-refractivity contribution in [2.75, 3.05) is 4.90 Å². The molecule has 0 unspecified atom stereocenters. The van der Waals surface area contributed by atoms with E-state index in [9.17, 15) is 0 Å². The lowest BCUT2D eigenvalue weighted by atomic mass is 9.82. The Hall–Kier alpha value is -7.62. The lowest BCUT2D eigenvalue weighted by Crippen LogP contribution is -2.15. The summed E-state index contributed by atoms with van der Waals surface area (Å²) in [7, 11) is 0. The first-order valence-electron chi connectivity index (χ1n) is 20.8. The van der Waals surface area contributed by atoms with Gasteiger partial charge in [-0.25, -0.2) is 0 Å². The molecule has 1 aliphatic carbocycles. The van der Waals surface area contributed by atoms with E-state index in [1.807, 2.05) is 0 Å². The van der Waals surface area contributed by atoms with Crippen molar-refractivity contribution in [2.45, 2.75) is 19.3 Å². The van der Waals surface area contributed by atoms with E-state index in [1.165, 1.54) is 77.0 Å². The lowest BCUT2D eigenvalue weighted by molar-refractivity contribution is 0.660. The molecule has 0 amide bonds. The van der Waals surface area contributed by atoms with Crippen molar-refractivity contribution in [2.24, 2.45) is 0 Å². The fraction of sp³-hybridized carbons (Fsp3) is 0.0526. The molecule has 3 heteroatoms. The summed E-state index contributed by atoms with van der Waals surface area (Å²) in [5.41, 5.74) is 18.7. The van der Waals surface area contributed by atoms with Crippen molar-refractivity contribution in [3.05, 3.63) is 205 Å². The van der Waals surface area contributed by atoms with Crippen LogP contribution >= 0.6 is 0 Å². The van der Waals surface area contributed by atoms with Crippen molar-refractivity contribution in [3.8, 4) is 33.4 Å². The van der Waals surface area contributed by atoms with E-state index in [1.54, 1.807) is 0 Å². The molecule has 282 valence electrons. The molecule has 9 aromatic carbocycles. The van der Waals surface area contributed by atoms with Gasteiger partial charge < -0.3 is 13.7 Å². The molecule has 0 atom stereocenters. The quantitative estimate of drug-likeness (QED) is 0.174. The van der Waals surface area contributed by atoms with Gasteiger partial charge in [-0.2, -0.15) is 0 Å². The lowest BCUT2D eigenvalue weighted by Gasteiger charge is -2.27. The van der Waals surface area contributed by atoms with Crippen LogP contribution in [0.5, 0.6) is 0 Å². The Kier molecular flexibility index (Phi) is 6.78. The van der Waals surface area contributed by atoms with Gasteiger partial charge in [-0.15, -0.1) is 0 Å². The van der Waals surface area contributed by atoms with Crippen molar-refractivity contribution < 1.29 is 4.42 Å². The van der Waals surface area contributed by atoms with Crippen LogP contribution in [0.15, 0.2) is 199 Å². The highest BCUT2D eigenvalue weighted by atomic mass is 16.3. The summed E-state index contributed by atoms with van der Waals surface area (Å²) < 4.78 is 9.33. The average molecular weight is 767 g/mol. The molecule has 0 spiro atoms. The predicted octanol–water partition coefficient (Wildman–Crippen LogP) is 15.8. The Morgan fingerprint density at radius 3 is 1.80 bits per heavy atom.